The summed E-state index contributed by atoms with van der Waals surface area (Å²) in [6.07, 6.45) is 4.67. The van der Waals surface area contributed by atoms with E-state index in [4.69, 9.17) is 10.00 Å². The molecule has 0 heterocycles. The van der Waals surface area contributed by atoms with Crippen molar-refractivity contribution in [2.75, 3.05) is 6.26 Å². The van der Waals surface area contributed by atoms with Crippen LogP contribution in [-0.4, -0.2) is 24.1 Å². The van der Waals surface area contributed by atoms with Gasteiger partial charge in [0.1, 0.15) is 11.9 Å². The van der Waals surface area contributed by atoms with Crippen LogP contribution in [-0.2, 0) is 14.3 Å². The van der Waals surface area contributed by atoms with Gasteiger partial charge in [0.2, 0.25) is 0 Å². The Kier molecular flexibility index (Phi) is 8.51. The highest BCUT2D eigenvalue weighted by atomic mass is 32.1. The summed E-state index contributed by atoms with van der Waals surface area (Å²) in [5, 5.41) is 8.75. The molecule has 0 aromatic heterocycles. The number of carbonyl (C=O) groups excluding carboxylic acids is 2. The predicted octanol–water partition coefficient (Wildman–Crippen LogP) is 2.14. The molecule has 0 aromatic carbocycles. The van der Waals surface area contributed by atoms with Gasteiger partial charge in [-0.3, -0.25) is 9.59 Å². The number of ketones is 1. The fourth-order valence-corrected chi connectivity index (χ4v) is 1.89. The molecule has 0 spiro atoms. The third-order valence-electron chi connectivity index (χ3n) is 2.63. The van der Waals surface area contributed by atoms with Crippen molar-refractivity contribution < 1.29 is 14.3 Å². The van der Waals surface area contributed by atoms with Gasteiger partial charge < -0.3 is 4.74 Å². The Morgan fingerprint density at radius 2 is 2.24 bits per heavy atom. The second-order valence-corrected chi connectivity index (χ2v) is 3.87. The van der Waals surface area contributed by atoms with Crippen LogP contribution in [0.3, 0.4) is 0 Å². The van der Waals surface area contributed by atoms with Gasteiger partial charge in [-0.1, -0.05) is 6.42 Å². The molecule has 96 valence electrons. The lowest BCUT2D eigenvalue weighted by atomic mass is 9.84. The maximum Gasteiger partial charge on any atom is 0.303 e. The van der Waals surface area contributed by atoms with E-state index < -0.39 is 12.1 Å². The van der Waals surface area contributed by atoms with Gasteiger partial charge in [-0.25, -0.2) is 0 Å². The minimum Gasteiger partial charge on any atom is -0.447 e. The van der Waals surface area contributed by atoms with Gasteiger partial charge in [-0.2, -0.15) is 17.9 Å². The van der Waals surface area contributed by atoms with Crippen LogP contribution in [0.5, 0.6) is 0 Å². The van der Waals surface area contributed by atoms with Crippen LogP contribution in [0.2, 0.25) is 0 Å². The molecule has 2 unspecified atom stereocenters. The van der Waals surface area contributed by atoms with Crippen LogP contribution in [0.15, 0.2) is 0 Å². The van der Waals surface area contributed by atoms with Crippen LogP contribution in [0.4, 0.5) is 0 Å². The Morgan fingerprint density at radius 3 is 2.71 bits per heavy atom. The molecule has 2 atom stereocenters. The fraction of sp³-hybridized carbons (Fsp3) is 0.750. The van der Waals surface area contributed by atoms with Crippen molar-refractivity contribution in [3.05, 3.63) is 0 Å². The molecule has 1 saturated carbocycles. The number of nitrogens with zero attached hydrogens (tertiary/aromatic N) is 1. The van der Waals surface area contributed by atoms with Gasteiger partial charge in [0.05, 0.1) is 0 Å². The highest BCUT2D eigenvalue weighted by Gasteiger charge is 2.26. The molecular formula is C12H19NO3S. The van der Waals surface area contributed by atoms with Crippen LogP contribution in [0.25, 0.3) is 0 Å². The van der Waals surface area contributed by atoms with Crippen LogP contribution < -0.4 is 0 Å². The van der Waals surface area contributed by atoms with E-state index in [1.165, 1.54) is 6.92 Å². The van der Waals surface area contributed by atoms with Gasteiger partial charge in [0.15, 0.2) is 6.10 Å². The van der Waals surface area contributed by atoms with Crippen molar-refractivity contribution in [3.63, 3.8) is 0 Å². The molecule has 0 radical (unpaired) electrons. The monoisotopic (exact) mass is 257 g/mol. The van der Waals surface area contributed by atoms with Gasteiger partial charge >= 0.3 is 5.97 Å². The fourth-order valence-electron chi connectivity index (χ4n) is 1.89. The normalized spacial score (nSPS) is 20.6. The molecule has 0 bridgehead atoms. The van der Waals surface area contributed by atoms with Crippen molar-refractivity contribution in [2.45, 2.75) is 45.1 Å². The van der Waals surface area contributed by atoms with Gasteiger partial charge in [-0.05, 0) is 19.1 Å². The Balaban J connectivity index is 0.00000121. The zero-order chi connectivity index (χ0) is 13.3. The van der Waals surface area contributed by atoms with Crippen molar-refractivity contribution >= 4 is 24.4 Å². The van der Waals surface area contributed by atoms with Gasteiger partial charge in [0, 0.05) is 25.7 Å². The van der Waals surface area contributed by atoms with Gasteiger partial charge in [0.25, 0.3) is 0 Å². The van der Waals surface area contributed by atoms with E-state index in [1.54, 1.807) is 6.26 Å². The first-order valence-corrected chi connectivity index (χ1v) is 6.57. The standard InChI is InChI=1S/C11H15NO3.CH4S/c1-8(13)15-10(7-12)6-9-4-2-3-5-11(9)14;1-2/h9-10H,2-6H2,1H3;2H,1H3. The number of hydrogen-bond donors (Lipinski definition) is 1. The molecule has 1 aliphatic carbocycles. The van der Waals surface area contributed by atoms with E-state index >= 15 is 0 Å². The molecule has 4 nitrogen and oxygen atoms in total. The van der Waals surface area contributed by atoms with E-state index in [9.17, 15) is 9.59 Å². The zero-order valence-electron chi connectivity index (χ0n) is 10.3. The van der Waals surface area contributed by atoms with Crippen molar-refractivity contribution in [3.8, 4) is 6.07 Å². The highest BCUT2D eigenvalue weighted by molar-refractivity contribution is 7.79. The highest BCUT2D eigenvalue weighted by Crippen LogP contribution is 2.25. The van der Waals surface area contributed by atoms with E-state index in [2.05, 4.69) is 12.6 Å². The summed E-state index contributed by atoms with van der Waals surface area (Å²) in [5.41, 5.74) is 0. The van der Waals surface area contributed by atoms with Crippen molar-refractivity contribution in [1.82, 2.24) is 0 Å². The van der Waals surface area contributed by atoms with Gasteiger partial charge in [-0.15, -0.1) is 0 Å². The summed E-state index contributed by atoms with van der Waals surface area (Å²) >= 11 is 3.53. The van der Waals surface area contributed by atoms with Crippen molar-refractivity contribution in [2.24, 2.45) is 5.92 Å². The Hall–Kier alpha value is -1.02. The summed E-state index contributed by atoms with van der Waals surface area (Å²) in [6, 6.07) is 1.91. The molecule has 5 heteroatoms. The van der Waals surface area contributed by atoms with Crippen LogP contribution in [0, 0.1) is 17.2 Å². The molecule has 17 heavy (non-hydrogen) atoms. The molecule has 0 N–H and O–H groups in total. The number of carbonyl (C=O) groups is 2. The second-order valence-electron chi connectivity index (χ2n) is 3.87. The maximum atomic E-state index is 11.5. The molecule has 0 aliphatic heterocycles. The SMILES string of the molecule is CC(=O)OC(C#N)CC1CCCCC1=O.CS. The average molecular weight is 257 g/mol. The summed E-state index contributed by atoms with van der Waals surface area (Å²) < 4.78 is 4.80. The Bertz CT molecular complexity index is 299. The predicted molar refractivity (Wildman–Crippen MR) is 67.7 cm³/mol. The lowest BCUT2D eigenvalue weighted by Gasteiger charge is -2.21. The number of thiol groups is 1. The molecular weight excluding hydrogens is 238 g/mol. The number of rotatable bonds is 3. The third kappa shape index (κ3) is 6.32. The van der Waals surface area contributed by atoms with E-state index in [0.29, 0.717) is 12.8 Å². The summed E-state index contributed by atoms with van der Waals surface area (Å²) in [6.45, 7) is 1.27. The Labute approximate surface area is 108 Å². The molecule has 0 saturated heterocycles. The topological polar surface area (TPSA) is 67.2 Å². The first-order chi connectivity index (χ1) is 8.13. The van der Waals surface area contributed by atoms with Crippen LogP contribution >= 0.6 is 12.6 Å². The van der Waals surface area contributed by atoms with E-state index in [1.807, 2.05) is 6.07 Å². The maximum absolute atomic E-state index is 11.5. The smallest absolute Gasteiger partial charge is 0.303 e. The number of Topliss-reactive ketones (excluding diaryl/α,β-unsaturated/α-hetero) is 1. The summed E-state index contributed by atoms with van der Waals surface area (Å²) in [4.78, 5) is 22.2. The average Bonchev–Trinajstić information content (AvgIpc) is 2.33. The minimum atomic E-state index is -0.769. The molecule has 0 aromatic rings. The number of esters is 1. The number of ether oxygens (including phenoxy) is 1. The molecule has 1 fully saturated rings. The number of nitriles is 1. The first kappa shape index (κ1) is 16.0. The molecule has 1 rings (SSSR count). The Morgan fingerprint density at radius 1 is 1.59 bits per heavy atom. The van der Waals surface area contributed by atoms with E-state index in [-0.39, 0.29) is 11.7 Å². The molecule has 0 amide bonds. The summed E-state index contributed by atoms with van der Waals surface area (Å²) in [7, 11) is 0. The lowest BCUT2D eigenvalue weighted by molar-refractivity contribution is -0.145. The van der Waals surface area contributed by atoms with Crippen LogP contribution in [0.1, 0.15) is 39.0 Å². The first-order valence-electron chi connectivity index (χ1n) is 5.67. The summed E-state index contributed by atoms with van der Waals surface area (Å²) in [5.74, 6) is -0.360. The molecule has 1 aliphatic rings. The quantitative estimate of drug-likeness (QED) is 0.621. The number of hydrogen-bond acceptors (Lipinski definition) is 5. The lowest BCUT2D eigenvalue weighted by Crippen LogP contribution is -2.25. The third-order valence-corrected chi connectivity index (χ3v) is 2.63. The second kappa shape index (κ2) is 9.06. The van der Waals surface area contributed by atoms with Crippen molar-refractivity contribution in [1.29, 1.82) is 5.26 Å². The van der Waals surface area contributed by atoms with E-state index in [0.717, 1.165) is 19.3 Å². The minimum absolute atomic E-state index is 0.0947. The zero-order valence-corrected chi connectivity index (χ0v) is 11.2. The largest absolute Gasteiger partial charge is 0.447 e.